The third kappa shape index (κ3) is 9.44. The van der Waals surface area contributed by atoms with Gasteiger partial charge >= 0.3 is 6.03 Å². The van der Waals surface area contributed by atoms with Gasteiger partial charge in [-0.15, -0.1) is 0 Å². The molecule has 5 aromatic carbocycles. The molecule has 0 aliphatic heterocycles. The summed E-state index contributed by atoms with van der Waals surface area (Å²) in [7, 11) is 2.93. The Balaban J connectivity index is 0.000000257. The Morgan fingerprint density at radius 3 is 1.50 bits per heavy atom. The van der Waals surface area contributed by atoms with Crippen molar-refractivity contribution in [2.24, 2.45) is 0 Å². The number of nitrogen functional groups attached to an aromatic ring is 1. The SMILES string of the molecule is COc1cc(OC)c(NC(=O)Nc2ccc(NC(=O)c3ccccc3F)cc2)cc1Cl.Nc1ccc(NC(=O)c2ccccc2F)cc1. The Morgan fingerprint density at radius 2 is 1.04 bits per heavy atom. The predicted molar refractivity (Wildman–Crippen MR) is 183 cm³/mol. The van der Waals surface area contributed by atoms with Crippen LogP contribution in [0.15, 0.2) is 109 Å². The van der Waals surface area contributed by atoms with Crippen LogP contribution in [-0.2, 0) is 0 Å². The van der Waals surface area contributed by atoms with Gasteiger partial charge in [0.2, 0.25) is 0 Å². The second-order valence-electron chi connectivity index (χ2n) is 9.83. The smallest absolute Gasteiger partial charge is 0.323 e. The average molecular weight is 674 g/mol. The van der Waals surface area contributed by atoms with Gasteiger partial charge in [0.15, 0.2) is 0 Å². The molecule has 0 heterocycles. The Bertz CT molecular complexity index is 1910. The van der Waals surface area contributed by atoms with E-state index < -0.39 is 29.5 Å². The van der Waals surface area contributed by atoms with Gasteiger partial charge in [0, 0.05) is 28.8 Å². The van der Waals surface area contributed by atoms with Crippen LogP contribution in [-0.4, -0.2) is 32.1 Å². The van der Waals surface area contributed by atoms with Gasteiger partial charge < -0.3 is 36.5 Å². The summed E-state index contributed by atoms with van der Waals surface area (Å²) in [6.07, 6.45) is 0. The summed E-state index contributed by atoms with van der Waals surface area (Å²) in [5.74, 6) is -1.41. The maximum absolute atomic E-state index is 13.7. The first-order valence-corrected chi connectivity index (χ1v) is 14.5. The number of halogens is 3. The number of methoxy groups -OCH3 is 2. The van der Waals surface area contributed by atoms with Crippen molar-refractivity contribution in [1.29, 1.82) is 0 Å². The van der Waals surface area contributed by atoms with Gasteiger partial charge in [0.25, 0.3) is 11.8 Å². The van der Waals surface area contributed by atoms with E-state index in [2.05, 4.69) is 21.3 Å². The largest absolute Gasteiger partial charge is 0.495 e. The Hall–Kier alpha value is -6.14. The van der Waals surface area contributed by atoms with Crippen molar-refractivity contribution in [2.45, 2.75) is 0 Å². The van der Waals surface area contributed by atoms with Crippen molar-refractivity contribution in [3.8, 4) is 11.5 Å². The zero-order chi connectivity index (χ0) is 34.6. The third-order valence-corrected chi connectivity index (χ3v) is 6.82. The zero-order valence-electron chi connectivity index (χ0n) is 25.6. The number of benzene rings is 5. The summed E-state index contributed by atoms with van der Waals surface area (Å²) in [4.78, 5) is 36.2. The number of ether oxygens (including phenoxy) is 2. The van der Waals surface area contributed by atoms with Crippen LogP contribution in [0.2, 0.25) is 5.02 Å². The standard InChI is InChI=1S/C22H19ClFN3O4.C13H11FN2O/c1-30-19-12-20(31-2)18(11-16(19)23)27-22(29)26-14-9-7-13(8-10-14)25-21(28)15-5-3-4-6-17(15)24;14-12-4-2-1-3-11(12)13(17)16-10-7-5-9(15)6-8-10/h3-12H,1-2H3,(H,25,28)(H2,26,27,29);1-8H,15H2,(H,16,17). The molecule has 246 valence electrons. The van der Waals surface area contributed by atoms with E-state index in [1.807, 2.05) is 0 Å². The van der Waals surface area contributed by atoms with Gasteiger partial charge in [-0.25, -0.2) is 13.6 Å². The highest BCUT2D eigenvalue weighted by atomic mass is 35.5. The lowest BCUT2D eigenvalue weighted by Crippen LogP contribution is -2.20. The molecule has 4 amide bonds. The number of carbonyl (C=O) groups excluding carboxylic acids is 3. The van der Waals surface area contributed by atoms with Gasteiger partial charge in [-0.1, -0.05) is 35.9 Å². The summed E-state index contributed by atoms with van der Waals surface area (Å²) in [5, 5.41) is 10.8. The van der Waals surface area contributed by atoms with Crippen LogP contribution in [0.4, 0.5) is 42.0 Å². The molecule has 5 aromatic rings. The summed E-state index contributed by atoms with van der Waals surface area (Å²) in [6.45, 7) is 0. The molecule has 0 radical (unpaired) electrons. The van der Waals surface area contributed by atoms with Gasteiger partial charge in [-0.2, -0.15) is 0 Å². The predicted octanol–water partition coefficient (Wildman–Crippen LogP) is 8.05. The minimum atomic E-state index is -0.607. The molecule has 0 spiro atoms. The quantitative estimate of drug-likeness (QED) is 0.105. The third-order valence-electron chi connectivity index (χ3n) is 6.53. The van der Waals surface area contributed by atoms with E-state index in [1.165, 1.54) is 56.7 Å². The first-order chi connectivity index (χ1) is 23.1. The van der Waals surface area contributed by atoms with E-state index >= 15 is 0 Å². The van der Waals surface area contributed by atoms with E-state index in [1.54, 1.807) is 66.7 Å². The highest BCUT2D eigenvalue weighted by Crippen LogP contribution is 2.36. The molecule has 6 N–H and O–H groups in total. The summed E-state index contributed by atoms with van der Waals surface area (Å²) in [6, 6.07) is 27.1. The minimum absolute atomic E-state index is 0.0179. The topological polar surface area (TPSA) is 144 Å². The van der Waals surface area contributed by atoms with Crippen molar-refractivity contribution in [2.75, 3.05) is 41.2 Å². The summed E-state index contributed by atoms with van der Waals surface area (Å²) >= 11 is 6.10. The zero-order valence-corrected chi connectivity index (χ0v) is 26.4. The van der Waals surface area contributed by atoms with Crippen molar-refractivity contribution in [3.63, 3.8) is 0 Å². The molecule has 0 aliphatic rings. The summed E-state index contributed by atoms with van der Waals surface area (Å²) < 4.78 is 37.4. The molecule has 0 aromatic heterocycles. The normalized spacial score (nSPS) is 10.1. The van der Waals surface area contributed by atoms with Gasteiger partial charge in [0.1, 0.15) is 23.1 Å². The first-order valence-electron chi connectivity index (χ1n) is 14.1. The lowest BCUT2D eigenvalue weighted by Gasteiger charge is -2.14. The van der Waals surface area contributed by atoms with Crippen LogP contribution in [0.1, 0.15) is 20.7 Å². The van der Waals surface area contributed by atoms with Crippen molar-refractivity contribution in [3.05, 3.63) is 137 Å². The average Bonchev–Trinajstić information content (AvgIpc) is 3.07. The molecule has 10 nitrogen and oxygen atoms in total. The molecule has 48 heavy (non-hydrogen) atoms. The highest BCUT2D eigenvalue weighted by Gasteiger charge is 2.14. The molecule has 0 fully saturated rings. The maximum atomic E-state index is 13.7. The Kier molecular flexibility index (Phi) is 11.9. The number of nitrogens with one attached hydrogen (secondary N) is 4. The van der Waals surface area contributed by atoms with Crippen LogP contribution in [0.3, 0.4) is 0 Å². The number of rotatable bonds is 8. The van der Waals surface area contributed by atoms with Crippen LogP contribution >= 0.6 is 11.6 Å². The molecule has 5 rings (SSSR count). The number of anilines is 5. The number of hydrogen-bond donors (Lipinski definition) is 5. The molecular formula is C35H30ClF2N5O5. The number of amides is 4. The van der Waals surface area contributed by atoms with Crippen LogP contribution in [0.25, 0.3) is 0 Å². The van der Waals surface area contributed by atoms with Crippen LogP contribution in [0, 0.1) is 11.6 Å². The van der Waals surface area contributed by atoms with Gasteiger partial charge in [0.05, 0.1) is 36.1 Å². The Morgan fingerprint density at radius 1 is 0.604 bits per heavy atom. The number of nitrogens with two attached hydrogens (primary N) is 1. The second kappa shape index (κ2) is 16.4. The number of urea groups is 1. The van der Waals surface area contributed by atoms with E-state index in [4.69, 9.17) is 26.8 Å². The fraction of sp³-hybridized carbons (Fsp3) is 0.0571. The lowest BCUT2D eigenvalue weighted by atomic mass is 10.2. The highest BCUT2D eigenvalue weighted by molar-refractivity contribution is 6.32. The number of hydrogen-bond acceptors (Lipinski definition) is 6. The van der Waals surface area contributed by atoms with Gasteiger partial charge in [-0.3, -0.25) is 9.59 Å². The fourth-order valence-electron chi connectivity index (χ4n) is 4.13. The van der Waals surface area contributed by atoms with Crippen LogP contribution in [0.5, 0.6) is 11.5 Å². The molecule has 0 aliphatic carbocycles. The first kappa shape index (κ1) is 34.7. The van der Waals surface area contributed by atoms with E-state index in [-0.39, 0.29) is 11.1 Å². The number of carbonyl (C=O) groups is 3. The second-order valence-corrected chi connectivity index (χ2v) is 10.2. The molecule has 0 atom stereocenters. The van der Waals surface area contributed by atoms with E-state index in [0.717, 1.165) is 0 Å². The monoisotopic (exact) mass is 673 g/mol. The molecule has 0 unspecified atom stereocenters. The molecule has 0 bridgehead atoms. The van der Waals surface area contributed by atoms with Crippen molar-refractivity contribution >= 4 is 57.9 Å². The molecular weight excluding hydrogens is 644 g/mol. The molecule has 0 saturated heterocycles. The lowest BCUT2D eigenvalue weighted by molar-refractivity contribution is 0.101. The maximum Gasteiger partial charge on any atom is 0.323 e. The van der Waals surface area contributed by atoms with Gasteiger partial charge in [-0.05, 0) is 78.9 Å². The molecule has 13 heteroatoms. The van der Waals surface area contributed by atoms with E-state index in [0.29, 0.717) is 45.0 Å². The minimum Gasteiger partial charge on any atom is -0.495 e. The Labute approximate surface area is 279 Å². The van der Waals surface area contributed by atoms with Crippen molar-refractivity contribution < 1.29 is 32.6 Å². The van der Waals surface area contributed by atoms with Crippen molar-refractivity contribution in [1.82, 2.24) is 0 Å². The van der Waals surface area contributed by atoms with E-state index in [9.17, 15) is 23.2 Å². The summed E-state index contributed by atoms with van der Waals surface area (Å²) in [5.41, 5.74) is 7.94. The molecule has 0 saturated carbocycles. The fourth-order valence-corrected chi connectivity index (χ4v) is 4.37. The van der Waals surface area contributed by atoms with Crippen LogP contribution < -0.4 is 36.5 Å².